The van der Waals surface area contributed by atoms with Gasteiger partial charge in [-0.2, -0.15) is 4.31 Å². The van der Waals surface area contributed by atoms with Crippen molar-refractivity contribution in [2.45, 2.75) is 84.3 Å². The lowest BCUT2D eigenvalue weighted by molar-refractivity contribution is -0.132. The largest absolute Gasteiger partial charge is 0.363 e. The molecule has 2 fully saturated rings. The Hall–Kier alpha value is -2.71. The van der Waals surface area contributed by atoms with E-state index in [9.17, 15) is 13.2 Å². The maximum atomic E-state index is 13.7. The lowest BCUT2D eigenvalue weighted by Gasteiger charge is -2.29. The molecule has 0 unspecified atom stereocenters. The maximum absolute atomic E-state index is 13.7. The number of hydrogen-bond donors (Lipinski definition) is 1. The monoisotopic (exact) mass is 550 g/mol. The van der Waals surface area contributed by atoms with Gasteiger partial charge in [0.25, 0.3) is 0 Å². The van der Waals surface area contributed by atoms with Crippen LogP contribution in [0.15, 0.2) is 58.5 Å². The summed E-state index contributed by atoms with van der Waals surface area (Å²) in [4.78, 5) is 20.6. The number of amidine groups is 1. The molecule has 1 saturated carbocycles. The van der Waals surface area contributed by atoms with Crippen LogP contribution in [0.25, 0.3) is 0 Å². The minimum absolute atomic E-state index is 0.0778. The molecule has 7 nitrogen and oxygen atoms in total. The van der Waals surface area contributed by atoms with Gasteiger partial charge >= 0.3 is 0 Å². The van der Waals surface area contributed by atoms with E-state index in [1.165, 1.54) is 18.4 Å². The van der Waals surface area contributed by atoms with E-state index in [-0.39, 0.29) is 19.0 Å². The van der Waals surface area contributed by atoms with Crippen LogP contribution in [0.4, 0.5) is 0 Å². The van der Waals surface area contributed by atoms with Crippen LogP contribution < -0.4 is 5.32 Å². The molecular formula is C31H42N4O3S. The average molecular weight is 551 g/mol. The number of hydrogen-bond acceptors (Lipinski definition) is 5. The zero-order valence-electron chi connectivity index (χ0n) is 23.8. The molecule has 1 atom stereocenters. The van der Waals surface area contributed by atoms with Gasteiger partial charge in [-0.05, 0) is 100.0 Å². The predicted molar refractivity (Wildman–Crippen MR) is 157 cm³/mol. The topological polar surface area (TPSA) is 82.1 Å². The van der Waals surface area contributed by atoms with Crippen molar-refractivity contribution in [2.24, 2.45) is 10.4 Å². The number of nitrogens with zero attached hydrogens (tertiary/aromatic N) is 3. The molecule has 4 aliphatic rings. The number of carbonyl (C=O) groups excluding carboxylic acids is 1. The summed E-state index contributed by atoms with van der Waals surface area (Å²) >= 11 is 0. The Kier molecular flexibility index (Phi) is 7.40. The molecule has 8 heteroatoms. The van der Waals surface area contributed by atoms with Crippen molar-refractivity contribution < 1.29 is 13.2 Å². The Morgan fingerprint density at radius 1 is 1.18 bits per heavy atom. The Labute approximate surface area is 233 Å². The molecule has 2 aliphatic heterocycles. The summed E-state index contributed by atoms with van der Waals surface area (Å²) in [5, 5.41) is 3.42. The van der Waals surface area contributed by atoms with Crippen molar-refractivity contribution >= 4 is 21.8 Å². The van der Waals surface area contributed by atoms with Gasteiger partial charge in [0.1, 0.15) is 5.84 Å². The van der Waals surface area contributed by atoms with Gasteiger partial charge in [0.2, 0.25) is 15.9 Å². The standard InChI is InChI=1S/C31H42N4O3S/c1-22-11-12-25(19-24(22)3)20-35(39(37,38)26-9-7-6-8-10-26)17-13-23(2)28-32-27(30(4,5)33-28)29(36)34-18-16-31(21-34)14-15-31/h7,9-12,19,27H,2,6,8,13-18,20-21H2,1,3-5H3,(H,32,33)/t27-/m0/s1. The first kappa shape index (κ1) is 27.8. The van der Waals surface area contributed by atoms with E-state index in [1.54, 1.807) is 10.4 Å². The highest BCUT2D eigenvalue weighted by molar-refractivity contribution is 7.93. The van der Waals surface area contributed by atoms with E-state index < -0.39 is 21.6 Å². The second-order valence-electron chi connectivity index (χ2n) is 12.4. The number of aryl methyl sites for hydroxylation is 2. The molecule has 2 aliphatic carbocycles. The van der Waals surface area contributed by atoms with Crippen LogP contribution in [0.5, 0.6) is 0 Å². The maximum Gasteiger partial charge on any atom is 0.249 e. The number of sulfonamides is 1. The van der Waals surface area contributed by atoms with Gasteiger partial charge < -0.3 is 10.2 Å². The molecule has 1 amide bonds. The van der Waals surface area contributed by atoms with Crippen molar-refractivity contribution in [1.29, 1.82) is 0 Å². The summed E-state index contributed by atoms with van der Waals surface area (Å²) in [7, 11) is -3.68. The van der Waals surface area contributed by atoms with Gasteiger partial charge in [0.05, 0.1) is 10.4 Å². The van der Waals surface area contributed by atoms with E-state index in [1.807, 2.05) is 50.0 Å². The van der Waals surface area contributed by atoms with E-state index in [0.717, 1.165) is 43.5 Å². The van der Waals surface area contributed by atoms with Gasteiger partial charge in [0.15, 0.2) is 6.04 Å². The molecule has 0 aromatic heterocycles. The molecule has 39 heavy (non-hydrogen) atoms. The van der Waals surface area contributed by atoms with Gasteiger partial charge in [-0.25, -0.2) is 8.42 Å². The second-order valence-corrected chi connectivity index (χ2v) is 14.4. The summed E-state index contributed by atoms with van der Waals surface area (Å²) < 4.78 is 29.0. The Morgan fingerprint density at radius 3 is 2.59 bits per heavy atom. The molecule has 210 valence electrons. The molecule has 2 heterocycles. The lowest BCUT2D eigenvalue weighted by atomic mass is 9.95. The SMILES string of the molecule is C=C(CCN(Cc1ccc(C)c(C)c1)S(=O)(=O)C1=CCCC=C1)C1=N[C@@H](C(=O)N2CCC3(CC3)C2)C(C)(C)N1. The van der Waals surface area contributed by atoms with Crippen LogP contribution in [0.2, 0.25) is 0 Å². The van der Waals surface area contributed by atoms with Gasteiger partial charge in [-0.3, -0.25) is 9.79 Å². The summed E-state index contributed by atoms with van der Waals surface area (Å²) in [5.74, 6) is 0.688. The van der Waals surface area contributed by atoms with Crippen molar-refractivity contribution in [3.05, 3.63) is 70.2 Å². The molecule has 1 spiro atoms. The van der Waals surface area contributed by atoms with Crippen LogP contribution in [-0.4, -0.2) is 60.6 Å². The Balaban J connectivity index is 1.31. The van der Waals surface area contributed by atoms with E-state index in [4.69, 9.17) is 4.99 Å². The number of rotatable bonds is 9. The fraction of sp³-hybridized carbons (Fsp3) is 0.548. The summed E-state index contributed by atoms with van der Waals surface area (Å²) in [6, 6.07) is 5.58. The number of nitrogens with one attached hydrogen (secondary N) is 1. The fourth-order valence-corrected chi connectivity index (χ4v) is 7.36. The molecular weight excluding hydrogens is 508 g/mol. The average Bonchev–Trinajstić information content (AvgIpc) is 3.40. The number of allylic oxidation sites excluding steroid dienone is 3. The van der Waals surface area contributed by atoms with E-state index >= 15 is 0 Å². The number of aliphatic imine (C=N–C) groups is 1. The fourth-order valence-electron chi connectivity index (χ4n) is 5.82. The minimum Gasteiger partial charge on any atom is -0.363 e. The van der Waals surface area contributed by atoms with Crippen LogP contribution in [-0.2, 0) is 21.4 Å². The highest BCUT2D eigenvalue weighted by atomic mass is 32.2. The third kappa shape index (κ3) is 5.78. The second kappa shape index (κ2) is 10.4. The summed E-state index contributed by atoms with van der Waals surface area (Å²) in [6.07, 6.45) is 11.0. The molecule has 1 N–H and O–H groups in total. The van der Waals surface area contributed by atoms with E-state index in [2.05, 4.69) is 24.9 Å². The predicted octanol–water partition coefficient (Wildman–Crippen LogP) is 4.78. The molecule has 0 bridgehead atoms. The summed E-state index contributed by atoms with van der Waals surface area (Å²) in [6.45, 7) is 14.6. The lowest BCUT2D eigenvalue weighted by Crippen LogP contribution is -2.52. The molecule has 1 saturated heterocycles. The quantitative estimate of drug-likeness (QED) is 0.480. The third-order valence-corrected chi connectivity index (χ3v) is 10.7. The van der Waals surface area contributed by atoms with Crippen LogP contribution in [0.3, 0.4) is 0 Å². The van der Waals surface area contributed by atoms with Gasteiger partial charge in [-0.1, -0.05) is 36.9 Å². The number of amides is 1. The smallest absolute Gasteiger partial charge is 0.249 e. The molecule has 1 aromatic carbocycles. The number of carbonyl (C=O) groups is 1. The highest BCUT2D eigenvalue weighted by Gasteiger charge is 2.51. The Morgan fingerprint density at radius 2 is 1.95 bits per heavy atom. The highest BCUT2D eigenvalue weighted by Crippen LogP contribution is 2.52. The van der Waals surface area contributed by atoms with Crippen molar-refractivity contribution in [3.63, 3.8) is 0 Å². The third-order valence-electron chi connectivity index (χ3n) is 8.85. The number of benzene rings is 1. The molecule has 0 radical (unpaired) electrons. The van der Waals surface area contributed by atoms with Crippen molar-refractivity contribution in [3.8, 4) is 0 Å². The first-order valence-electron chi connectivity index (χ1n) is 14.2. The van der Waals surface area contributed by atoms with Crippen LogP contribution in [0.1, 0.15) is 69.1 Å². The van der Waals surface area contributed by atoms with Gasteiger partial charge in [-0.15, -0.1) is 0 Å². The van der Waals surface area contributed by atoms with Crippen molar-refractivity contribution in [1.82, 2.24) is 14.5 Å². The normalized spacial score (nSPS) is 23.1. The van der Waals surface area contributed by atoms with Crippen LogP contribution >= 0.6 is 0 Å². The zero-order valence-corrected chi connectivity index (χ0v) is 24.6. The van der Waals surface area contributed by atoms with E-state index in [0.29, 0.717) is 28.1 Å². The molecule has 1 aromatic rings. The molecule has 5 rings (SSSR count). The minimum atomic E-state index is -3.68. The van der Waals surface area contributed by atoms with Gasteiger partial charge in [0, 0.05) is 26.2 Å². The number of likely N-dealkylation sites (tertiary alicyclic amines) is 1. The Bertz CT molecular complexity index is 1370. The first-order valence-corrected chi connectivity index (χ1v) is 15.6. The van der Waals surface area contributed by atoms with Crippen molar-refractivity contribution in [2.75, 3.05) is 19.6 Å². The van der Waals surface area contributed by atoms with Crippen LogP contribution in [0, 0.1) is 19.3 Å². The summed E-state index contributed by atoms with van der Waals surface area (Å²) in [5.41, 5.74) is 3.83. The zero-order chi connectivity index (χ0) is 28.0. The first-order chi connectivity index (χ1) is 18.4.